The van der Waals surface area contributed by atoms with Crippen molar-refractivity contribution in [3.05, 3.63) is 84.2 Å². The van der Waals surface area contributed by atoms with Crippen molar-refractivity contribution in [2.45, 2.75) is 57.6 Å². The summed E-state index contributed by atoms with van der Waals surface area (Å²) in [4.78, 5) is 28.4. The summed E-state index contributed by atoms with van der Waals surface area (Å²) in [5.74, 6) is -0.463. The molecule has 0 radical (unpaired) electrons. The summed E-state index contributed by atoms with van der Waals surface area (Å²) < 4.78 is 53.1. The van der Waals surface area contributed by atoms with Gasteiger partial charge in [-0.2, -0.15) is 0 Å². The number of nitrogens with zero attached hydrogens (tertiary/aromatic N) is 2. The van der Waals surface area contributed by atoms with Crippen LogP contribution < -0.4 is 19.1 Å². The molecule has 0 bridgehead atoms. The molecule has 0 spiro atoms. The van der Waals surface area contributed by atoms with Crippen LogP contribution in [0.25, 0.3) is 0 Å². The Morgan fingerprint density at radius 2 is 1.50 bits per heavy atom. The SMILES string of the molecule is CCOc1ccc(S(=O)(=O)N(CC(=O)N(Cc2ccc(OC)cc2)[C@H](C)C(=O)NC(C)(C)C)c2ccc(F)cc2)cc1. The maximum atomic E-state index is 14.0. The van der Waals surface area contributed by atoms with Crippen molar-refractivity contribution in [3.8, 4) is 11.5 Å². The van der Waals surface area contributed by atoms with Gasteiger partial charge >= 0.3 is 0 Å². The molecule has 226 valence electrons. The van der Waals surface area contributed by atoms with E-state index in [2.05, 4.69) is 5.32 Å². The highest BCUT2D eigenvalue weighted by molar-refractivity contribution is 7.92. The van der Waals surface area contributed by atoms with Gasteiger partial charge in [-0.1, -0.05) is 12.1 Å². The van der Waals surface area contributed by atoms with Crippen molar-refractivity contribution in [2.24, 2.45) is 0 Å². The van der Waals surface area contributed by atoms with E-state index in [0.717, 1.165) is 16.4 Å². The van der Waals surface area contributed by atoms with Gasteiger partial charge in [0, 0.05) is 12.1 Å². The number of hydrogen-bond acceptors (Lipinski definition) is 6. The highest BCUT2D eigenvalue weighted by atomic mass is 32.2. The van der Waals surface area contributed by atoms with E-state index in [1.165, 1.54) is 41.3 Å². The van der Waals surface area contributed by atoms with Crippen LogP contribution in [0.3, 0.4) is 0 Å². The minimum Gasteiger partial charge on any atom is -0.497 e. The van der Waals surface area contributed by atoms with Crippen molar-refractivity contribution < 1.29 is 31.9 Å². The van der Waals surface area contributed by atoms with Crippen LogP contribution in [0.4, 0.5) is 10.1 Å². The monoisotopic (exact) mass is 599 g/mol. The molecule has 0 heterocycles. The molecule has 3 aromatic rings. The molecule has 0 aliphatic carbocycles. The number of halogens is 1. The summed E-state index contributed by atoms with van der Waals surface area (Å²) in [7, 11) is -2.75. The Hall–Kier alpha value is -4.12. The third kappa shape index (κ3) is 8.45. The first-order valence-corrected chi connectivity index (χ1v) is 14.9. The van der Waals surface area contributed by atoms with E-state index in [1.54, 1.807) is 38.3 Å². The predicted octanol–water partition coefficient (Wildman–Crippen LogP) is 4.76. The molecular formula is C31H38FN3O6S. The van der Waals surface area contributed by atoms with Crippen molar-refractivity contribution in [1.29, 1.82) is 0 Å². The van der Waals surface area contributed by atoms with Crippen LogP contribution in [0.15, 0.2) is 77.7 Å². The number of anilines is 1. The average molecular weight is 600 g/mol. The highest BCUT2D eigenvalue weighted by Crippen LogP contribution is 2.26. The standard InChI is InChI=1S/C31H38FN3O6S/c1-7-41-27-16-18-28(19-17-27)42(38,39)35(25-12-10-24(32)11-13-25)21-29(36)34(22(2)30(37)33-31(3,4)5)20-23-8-14-26(40-6)15-9-23/h8-19,22H,7,20-21H2,1-6H3,(H,33,37)/t22-/m1/s1. The number of carbonyl (C=O) groups is 2. The maximum Gasteiger partial charge on any atom is 0.264 e. The normalized spacial score (nSPS) is 12.3. The maximum absolute atomic E-state index is 14.0. The quantitative estimate of drug-likeness (QED) is 0.322. The van der Waals surface area contributed by atoms with Crippen LogP contribution in [0, 0.1) is 5.82 Å². The van der Waals surface area contributed by atoms with Gasteiger partial charge in [-0.25, -0.2) is 12.8 Å². The van der Waals surface area contributed by atoms with Crippen LogP contribution in [0.1, 0.15) is 40.2 Å². The zero-order valence-electron chi connectivity index (χ0n) is 24.8. The van der Waals surface area contributed by atoms with Crippen molar-refractivity contribution in [3.63, 3.8) is 0 Å². The fourth-order valence-electron chi connectivity index (χ4n) is 4.12. The Morgan fingerprint density at radius 1 is 0.929 bits per heavy atom. The van der Waals surface area contributed by atoms with Crippen molar-refractivity contribution in [2.75, 3.05) is 24.6 Å². The fourth-order valence-corrected chi connectivity index (χ4v) is 5.54. The lowest BCUT2D eigenvalue weighted by Crippen LogP contribution is -2.54. The summed E-state index contributed by atoms with van der Waals surface area (Å²) in [6.07, 6.45) is 0. The Kier molecular flexibility index (Phi) is 10.6. The molecule has 1 N–H and O–H groups in total. The molecule has 3 aromatic carbocycles. The second kappa shape index (κ2) is 13.7. The van der Waals surface area contributed by atoms with Crippen molar-refractivity contribution in [1.82, 2.24) is 10.2 Å². The second-order valence-electron chi connectivity index (χ2n) is 10.7. The number of amides is 2. The third-order valence-corrected chi connectivity index (χ3v) is 8.08. The molecule has 0 unspecified atom stereocenters. The zero-order valence-corrected chi connectivity index (χ0v) is 25.6. The minimum atomic E-state index is -4.29. The van der Waals surface area contributed by atoms with E-state index < -0.39 is 45.8 Å². The van der Waals surface area contributed by atoms with Gasteiger partial charge in [-0.05, 0) is 101 Å². The fraction of sp³-hybridized carbons (Fsp3) is 0.355. The molecular weight excluding hydrogens is 561 g/mol. The summed E-state index contributed by atoms with van der Waals surface area (Å²) in [6.45, 7) is 8.69. The first-order valence-electron chi connectivity index (χ1n) is 13.5. The topological polar surface area (TPSA) is 105 Å². The van der Waals surface area contributed by atoms with Gasteiger partial charge in [0.15, 0.2) is 0 Å². The molecule has 9 nitrogen and oxygen atoms in total. The summed E-state index contributed by atoms with van der Waals surface area (Å²) >= 11 is 0. The first-order chi connectivity index (χ1) is 19.7. The number of hydrogen-bond donors (Lipinski definition) is 1. The molecule has 42 heavy (non-hydrogen) atoms. The second-order valence-corrected chi connectivity index (χ2v) is 12.5. The number of carbonyl (C=O) groups excluding carboxylic acids is 2. The summed E-state index contributed by atoms with van der Waals surface area (Å²) in [6, 6.07) is 16.7. The van der Waals surface area contributed by atoms with E-state index in [-0.39, 0.29) is 17.1 Å². The lowest BCUT2D eigenvalue weighted by molar-refractivity contribution is -0.140. The summed E-state index contributed by atoms with van der Waals surface area (Å²) in [5.41, 5.74) is 0.245. The van der Waals surface area contributed by atoms with E-state index in [9.17, 15) is 22.4 Å². The molecule has 0 fully saturated rings. The Balaban J connectivity index is 2.02. The van der Waals surface area contributed by atoms with Crippen LogP contribution in [0.2, 0.25) is 0 Å². The Morgan fingerprint density at radius 3 is 2.02 bits per heavy atom. The number of sulfonamides is 1. The zero-order chi connectivity index (χ0) is 31.1. The molecule has 1 atom stereocenters. The van der Waals surface area contributed by atoms with E-state index in [4.69, 9.17) is 9.47 Å². The first kappa shape index (κ1) is 32.4. The molecule has 0 aliphatic heterocycles. The molecule has 0 aromatic heterocycles. The van der Waals surface area contributed by atoms with Crippen LogP contribution in [-0.4, -0.2) is 57.0 Å². The summed E-state index contributed by atoms with van der Waals surface area (Å²) in [5, 5.41) is 2.88. The number of nitrogens with one attached hydrogen (secondary N) is 1. The number of methoxy groups -OCH3 is 1. The molecule has 0 saturated heterocycles. The number of ether oxygens (including phenoxy) is 2. The predicted molar refractivity (Wildman–Crippen MR) is 159 cm³/mol. The smallest absolute Gasteiger partial charge is 0.264 e. The van der Waals surface area contributed by atoms with E-state index >= 15 is 0 Å². The van der Waals surface area contributed by atoms with Crippen LogP contribution >= 0.6 is 0 Å². The van der Waals surface area contributed by atoms with E-state index in [1.807, 2.05) is 27.7 Å². The van der Waals surface area contributed by atoms with Gasteiger partial charge < -0.3 is 19.7 Å². The van der Waals surface area contributed by atoms with Gasteiger partial charge in [0.05, 0.1) is 24.3 Å². The number of rotatable bonds is 12. The van der Waals surface area contributed by atoms with E-state index in [0.29, 0.717) is 23.7 Å². The molecule has 11 heteroatoms. The van der Waals surface area contributed by atoms with Crippen LogP contribution in [0.5, 0.6) is 11.5 Å². The molecule has 0 saturated carbocycles. The van der Waals surface area contributed by atoms with Gasteiger partial charge in [0.25, 0.3) is 10.0 Å². The Bertz CT molecular complexity index is 1450. The molecule has 3 rings (SSSR count). The highest BCUT2D eigenvalue weighted by Gasteiger charge is 2.33. The van der Waals surface area contributed by atoms with Crippen LogP contribution in [-0.2, 0) is 26.2 Å². The third-order valence-electron chi connectivity index (χ3n) is 6.29. The van der Waals surface area contributed by atoms with Gasteiger partial charge in [-0.3, -0.25) is 13.9 Å². The van der Waals surface area contributed by atoms with Crippen molar-refractivity contribution >= 4 is 27.5 Å². The molecule has 0 aliphatic rings. The average Bonchev–Trinajstić information content (AvgIpc) is 2.94. The van der Waals surface area contributed by atoms with Gasteiger partial charge in [0.1, 0.15) is 29.9 Å². The minimum absolute atomic E-state index is 0.0297. The Labute approximate surface area is 247 Å². The lowest BCUT2D eigenvalue weighted by atomic mass is 10.1. The van der Waals surface area contributed by atoms with Gasteiger partial charge in [-0.15, -0.1) is 0 Å². The van der Waals surface area contributed by atoms with Gasteiger partial charge in [0.2, 0.25) is 11.8 Å². The lowest BCUT2D eigenvalue weighted by Gasteiger charge is -2.33. The largest absolute Gasteiger partial charge is 0.497 e. The molecule has 2 amide bonds. The number of benzene rings is 3.